The van der Waals surface area contributed by atoms with Crippen molar-refractivity contribution in [3.8, 4) is 0 Å². The number of nitrogens with one attached hydrogen (secondary N) is 1. The molecule has 0 aromatic carbocycles. The van der Waals surface area contributed by atoms with Crippen LogP contribution in [0.1, 0.15) is 23.2 Å². The number of ketones is 1. The van der Waals surface area contributed by atoms with Crippen LogP contribution < -0.4 is 5.32 Å². The molecule has 0 aliphatic rings. The monoisotopic (exact) mass is 192 g/mol. The van der Waals surface area contributed by atoms with Crippen LogP contribution in [0.4, 0.5) is 0 Å². The molecule has 0 radical (unpaired) electrons. The molecule has 0 aliphatic heterocycles. The molecule has 1 amide bonds. The highest BCUT2D eigenvalue weighted by atomic mass is 16.1. The fourth-order valence-corrected chi connectivity index (χ4v) is 1.08. The SMILES string of the molecule is O=CNCCCC(=O)c1cccnc1. The van der Waals surface area contributed by atoms with Crippen molar-refractivity contribution < 1.29 is 9.59 Å². The van der Waals surface area contributed by atoms with E-state index in [2.05, 4.69) is 10.3 Å². The van der Waals surface area contributed by atoms with Crippen molar-refractivity contribution in [1.82, 2.24) is 10.3 Å². The first-order chi connectivity index (χ1) is 6.84. The average molecular weight is 192 g/mol. The Labute approximate surface area is 82.3 Å². The molecule has 0 saturated heterocycles. The Balaban J connectivity index is 2.32. The van der Waals surface area contributed by atoms with E-state index >= 15 is 0 Å². The maximum Gasteiger partial charge on any atom is 0.207 e. The van der Waals surface area contributed by atoms with Gasteiger partial charge >= 0.3 is 0 Å². The maximum atomic E-state index is 11.5. The van der Waals surface area contributed by atoms with Gasteiger partial charge in [0.05, 0.1) is 0 Å². The summed E-state index contributed by atoms with van der Waals surface area (Å²) in [6.45, 7) is 0.537. The average Bonchev–Trinajstić information content (AvgIpc) is 2.25. The lowest BCUT2D eigenvalue weighted by atomic mass is 10.1. The Morgan fingerprint density at radius 1 is 1.57 bits per heavy atom. The second-order valence-electron chi connectivity index (χ2n) is 2.84. The number of Topliss-reactive ketones (excluding diaryl/α,β-unsaturated/α-hetero) is 1. The first kappa shape index (κ1) is 10.4. The van der Waals surface area contributed by atoms with E-state index in [4.69, 9.17) is 0 Å². The summed E-state index contributed by atoms with van der Waals surface area (Å²) in [5, 5.41) is 2.51. The topological polar surface area (TPSA) is 59.1 Å². The van der Waals surface area contributed by atoms with E-state index in [0.29, 0.717) is 31.4 Å². The summed E-state index contributed by atoms with van der Waals surface area (Å²) in [4.78, 5) is 25.2. The summed E-state index contributed by atoms with van der Waals surface area (Å²) in [5.74, 6) is 0.0609. The van der Waals surface area contributed by atoms with E-state index < -0.39 is 0 Å². The van der Waals surface area contributed by atoms with Gasteiger partial charge in [-0.1, -0.05) is 0 Å². The molecule has 0 saturated carbocycles. The molecule has 1 aromatic heterocycles. The van der Waals surface area contributed by atoms with Gasteiger partial charge in [0.2, 0.25) is 6.41 Å². The molecule has 0 atom stereocenters. The molecule has 14 heavy (non-hydrogen) atoms. The quantitative estimate of drug-likeness (QED) is 0.412. The van der Waals surface area contributed by atoms with Crippen molar-refractivity contribution in [1.29, 1.82) is 0 Å². The van der Waals surface area contributed by atoms with Gasteiger partial charge in [-0.25, -0.2) is 0 Å². The Hall–Kier alpha value is -1.71. The molecule has 1 heterocycles. The Bertz CT molecular complexity index is 298. The lowest BCUT2D eigenvalue weighted by Gasteiger charge is -1.99. The Morgan fingerprint density at radius 3 is 3.07 bits per heavy atom. The lowest BCUT2D eigenvalue weighted by Crippen LogP contribution is -2.13. The minimum Gasteiger partial charge on any atom is -0.359 e. The second kappa shape index (κ2) is 5.85. The zero-order valence-electron chi connectivity index (χ0n) is 7.77. The Kier molecular flexibility index (Phi) is 4.34. The third kappa shape index (κ3) is 3.35. The van der Waals surface area contributed by atoms with Gasteiger partial charge in [-0.3, -0.25) is 14.6 Å². The van der Waals surface area contributed by atoms with Crippen LogP contribution >= 0.6 is 0 Å². The number of hydrogen-bond donors (Lipinski definition) is 1. The molecule has 4 heteroatoms. The van der Waals surface area contributed by atoms with E-state index in [9.17, 15) is 9.59 Å². The third-order valence-electron chi connectivity index (χ3n) is 1.79. The van der Waals surface area contributed by atoms with Gasteiger partial charge in [0.15, 0.2) is 5.78 Å². The number of pyridine rings is 1. The smallest absolute Gasteiger partial charge is 0.207 e. The van der Waals surface area contributed by atoms with E-state index in [1.807, 2.05) is 0 Å². The van der Waals surface area contributed by atoms with Crippen molar-refractivity contribution in [3.63, 3.8) is 0 Å². The first-order valence-electron chi connectivity index (χ1n) is 4.45. The highest BCUT2D eigenvalue weighted by molar-refractivity contribution is 5.95. The van der Waals surface area contributed by atoms with Crippen LogP contribution in [0.5, 0.6) is 0 Å². The third-order valence-corrected chi connectivity index (χ3v) is 1.79. The minimum absolute atomic E-state index is 0.0609. The number of amides is 1. The van der Waals surface area contributed by atoms with Gasteiger partial charge in [0, 0.05) is 30.9 Å². The summed E-state index contributed by atoms with van der Waals surface area (Å²) in [6, 6.07) is 3.47. The number of carbonyl (C=O) groups is 2. The van der Waals surface area contributed by atoms with Gasteiger partial charge < -0.3 is 5.32 Å². The van der Waals surface area contributed by atoms with E-state index in [1.165, 1.54) is 0 Å². The van der Waals surface area contributed by atoms with Crippen LogP contribution in [0.2, 0.25) is 0 Å². The summed E-state index contributed by atoms with van der Waals surface area (Å²) >= 11 is 0. The molecule has 0 bridgehead atoms. The lowest BCUT2D eigenvalue weighted by molar-refractivity contribution is -0.109. The standard InChI is InChI=1S/C10H12N2O2/c13-8-12-6-2-4-10(14)9-3-1-5-11-7-9/h1,3,5,7-8H,2,4,6H2,(H,12,13). The van der Waals surface area contributed by atoms with Crippen LogP contribution in [-0.4, -0.2) is 23.7 Å². The van der Waals surface area contributed by atoms with Crippen LogP contribution in [0.3, 0.4) is 0 Å². The number of nitrogens with zero attached hydrogens (tertiary/aromatic N) is 1. The predicted molar refractivity (Wildman–Crippen MR) is 51.9 cm³/mol. The van der Waals surface area contributed by atoms with Crippen LogP contribution in [0.15, 0.2) is 24.5 Å². The predicted octanol–water partition coefficient (Wildman–Crippen LogP) is 0.791. The fourth-order valence-electron chi connectivity index (χ4n) is 1.08. The van der Waals surface area contributed by atoms with Gasteiger partial charge in [0.1, 0.15) is 0 Å². The van der Waals surface area contributed by atoms with Crippen molar-refractivity contribution in [2.45, 2.75) is 12.8 Å². The normalized spacial score (nSPS) is 9.43. The zero-order chi connectivity index (χ0) is 10.2. The van der Waals surface area contributed by atoms with Crippen molar-refractivity contribution in [3.05, 3.63) is 30.1 Å². The summed E-state index contributed by atoms with van der Waals surface area (Å²) in [5.41, 5.74) is 0.624. The second-order valence-corrected chi connectivity index (χ2v) is 2.84. The molecule has 74 valence electrons. The number of rotatable bonds is 6. The highest BCUT2D eigenvalue weighted by Gasteiger charge is 2.03. The van der Waals surface area contributed by atoms with Crippen LogP contribution in [-0.2, 0) is 4.79 Å². The molecule has 4 nitrogen and oxygen atoms in total. The molecule has 0 fully saturated rings. The van der Waals surface area contributed by atoms with Gasteiger partial charge in [-0.15, -0.1) is 0 Å². The molecular formula is C10H12N2O2. The summed E-state index contributed by atoms with van der Waals surface area (Å²) in [6.07, 6.45) is 4.91. The Morgan fingerprint density at radius 2 is 2.43 bits per heavy atom. The molecule has 1 N–H and O–H groups in total. The molecule has 0 aliphatic carbocycles. The van der Waals surface area contributed by atoms with E-state index in [-0.39, 0.29) is 5.78 Å². The van der Waals surface area contributed by atoms with Gasteiger partial charge in [-0.2, -0.15) is 0 Å². The van der Waals surface area contributed by atoms with Crippen molar-refractivity contribution >= 4 is 12.2 Å². The highest BCUT2D eigenvalue weighted by Crippen LogP contribution is 2.02. The van der Waals surface area contributed by atoms with E-state index in [0.717, 1.165) is 0 Å². The van der Waals surface area contributed by atoms with Crippen molar-refractivity contribution in [2.75, 3.05) is 6.54 Å². The molecule has 0 spiro atoms. The van der Waals surface area contributed by atoms with Crippen molar-refractivity contribution in [2.24, 2.45) is 0 Å². The minimum atomic E-state index is 0.0609. The molecule has 0 unspecified atom stereocenters. The number of carbonyl (C=O) groups excluding carboxylic acids is 2. The van der Waals surface area contributed by atoms with Gasteiger partial charge in [0.25, 0.3) is 0 Å². The maximum absolute atomic E-state index is 11.5. The van der Waals surface area contributed by atoms with Gasteiger partial charge in [-0.05, 0) is 18.6 Å². The zero-order valence-corrected chi connectivity index (χ0v) is 7.77. The first-order valence-corrected chi connectivity index (χ1v) is 4.45. The van der Waals surface area contributed by atoms with Crippen LogP contribution in [0.25, 0.3) is 0 Å². The molecule has 1 rings (SSSR count). The summed E-state index contributed by atoms with van der Waals surface area (Å²) < 4.78 is 0. The molecular weight excluding hydrogens is 180 g/mol. The van der Waals surface area contributed by atoms with E-state index in [1.54, 1.807) is 24.5 Å². The number of aromatic nitrogens is 1. The summed E-state index contributed by atoms with van der Waals surface area (Å²) in [7, 11) is 0. The largest absolute Gasteiger partial charge is 0.359 e. The molecule has 1 aromatic rings. The van der Waals surface area contributed by atoms with Crippen LogP contribution in [0, 0.1) is 0 Å². The number of hydrogen-bond acceptors (Lipinski definition) is 3. The fraction of sp³-hybridized carbons (Fsp3) is 0.300.